The third-order valence-electron chi connectivity index (χ3n) is 2.48. The van der Waals surface area contributed by atoms with E-state index in [4.69, 9.17) is 5.73 Å². The highest BCUT2D eigenvalue weighted by molar-refractivity contribution is 9.11. The zero-order valence-corrected chi connectivity index (χ0v) is 10.1. The van der Waals surface area contributed by atoms with Crippen molar-refractivity contribution in [3.8, 4) is 0 Å². The van der Waals surface area contributed by atoms with Gasteiger partial charge < -0.3 is 10.8 Å². The average molecular weight is 277 g/mol. The molecule has 1 aromatic heterocycles. The Morgan fingerprint density at radius 1 is 1.64 bits per heavy atom. The standard InChI is InChI=1S/C9H13BrN2OS/c10-9-2-1-8(14-9)7(3-11)12-4-6(13)5-12/h1-2,6-7,13H,3-5,11H2. The molecular formula is C9H13BrN2OS. The number of aliphatic hydroxyl groups excluding tert-OH is 1. The second kappa shape index (κ2) is 4.28. The van der Waals surface area contributed by atoms with Crippen molar-refractivity contribution in [3.63, 3.8) is 0 Å². The van der Waals surface area contributed by atoms with Crippen LogP contribution in [0.15, 0.2) is 15.9 Å². The van der Waals surface area contributed by atoms with Crippen molar-refractivity contribution in [2.45, 2.75) is 12.1 Å². The van der Waals surface area contributed by atoms with E-state index in [1.54, 1.807) is 11.3 Å². The largest absolute Gasteiger partial charge is 0.390 e. The van der Waals surface area contributed by atoms with Crippen LogP contribution in [0.5, 0.6) is 0 Å². The molecule has 1 atom stereocenters. The second-order valence-electron chi connectivity index (χ2n) is 3.50. The van der Waals surface area contributed by atoms with Gasteiger partial charge in [-0.25, -0.2) is 0 Å². The van der Waals surface area contributed by atoms with Gasteiger partial charge in [0, 0.05) is 24.5 Å². The van der Waals surface area contributed by atoms with Gasteiger partial charge in [0.1, 0.15) is 0 Å². The number of nitrogens with two attached hydrogens (primary N) is 1. The summed E-state index contributed by atoms with van der Waals surface area (Å²) in [6.07, 6.45) is -0.160. The van der Waals surface area contributed by atoms with Gasteiger partial charge in [0.25, 0.3) is 0 Å². The van der Waals surface area contributed by atoms with Crippen LogP contribution in [0.4, 0.5) is 0 Å². The predicted molar refractivity (Wildman–Crippen MR) is 61.4 cm³/mol. The van der Waals surface area contributed by atoms with Crippen LogP contribution in [0, 0.1) is 0 Å². The molecule has 1 saturated heterocycles. The molecule has 0 aliphatic carbocycles. The molecule has 0 bridgehead atoms. The number of hydrogen-bond donors (Lipinski definition) is 2. The molecule has 3 N–H and O–H groups in total. The summed E-state index contributed by atoms with van der Waals surface area (Å²) in [4.78, 5) is 3.48. The number of aliphatic hydroxyl groups is 1. The zero-order valence-electron chi connectivity index (χ0n) is 7.69. The maximum Gasteiger partial charge on any atom is 0.0794 e. The molecule has 3 nitrogen and oxygen atoms in total. The summed E-state index contributed by atoms with van der Waals surface area (Å²) in [6, 6.07) is 4.41. The molecule has 0 spiro atoms. The third-order valence-corrected chi connectivity index (χ3v) is 4.20. The molecule has 1 aliphatic rings. The minimum absolute atomic E-state index is 0.160. The molecular weight excluding hydrogens is 264 g/mol. The molecule has 14 heavy (non-hydrogen) atoms. The van der Waals surface area contributed by atoms with Crippen LogP contribution in [0.3, 0.4) is 0 Å². The Kier molecular flexibility index (Phi) is 3.23. The molecule has 1 fully saturated rings. The van der Waals surface area contributed by atoms with Gasteiger partial charge in [0.05, 0.1) is 15.9 Å². The van der Waals surface area contributed by atoms with Crippen LogP contribution in [0.25, 0.3) is 0 Å². The smallest absolute Gasteiger partial charge is 0.0794 e. The lowest BCUT2D eigenvalue weighted by atomic mass is 10.1. The number of likely N-dealkylation sites (tertiary alicyclic amines) is 1. The highest BCUT2D eigenvalue weighted by atomic mass is 79.9. The number of thiophene rings is 1. The van der Waals surface area contributed by atoms with E-state index in [1.807, 2.05) is 6.07 Å². The van der Waals surface area contributed by atoms with Crippen molar-refractivity contribution in [2.75, 3.05) is 19.6 Å². The van der Waals surface area contributed by atoms with Crippen LogP contribution < -0.4 is 5.73 Å². The molecule has 78 valence electrons. The van der Waals surface area contributed by atoms with Crippen LogP contribution >= 0.6 is 27.3 Å². The van der Waals surface area contributed by atoms with E-state index >= 15 is 0 Å². The van der Waals surface area contributed by atoms with Crippen molar-refractivity contribution in [1.29, 1.82) is 0 Å². The van der Waals surface area contributed by atoms with Gasteiger partial charge in [0.2, 0.25) is 0 Å². The minimum Gasteiger partial charge on any atom is -0.390 e. The van der Waals surface area contributed by atoms with Gasteiger partial charge >= 0.3 is 0 Å². The Hall–Kier alpha value is 0.0600. The van der Waals surface area contributed by atoms with Gasteiger partial charge in [-0.1, -0.05) is 0 Å². The number of β-amino-alcohol motifs (C(OH)–C–C–N with tert-alkyl or cyclic N) is 1. The maximum absolute atomic E-state index is 9.23. The number of nitrogens with zero attached hydrogens (tertiary/aromatic N) is 1. The van der Waals surface area contributed by atoms with Crippen molar-refractivity contribution in [1.82, 2.24) is 4.90 Å². The second-order valence-corrected chi connectivity index (χ2v) is 6.00. The van der Waals surface area contributed by atoms with Crippen molar-refractivity contribution in [2.24, 2.45) is 5.73 Å². The van der Waals surface area contributed by atoms with Gasteiger partial charge in [-0.3, -0.25) is 4.90 Å². The Morgan fingerprint density at radius 2 is 2.36 bits per heavy atom. The first-order valence-electron chi connectivity index (χ1n) is 4.58. The van der Waals surface area contributed by atoms with Crippen LogP contribution in [0.1, 0.15) is 10.9 Å². The first-order chi connectivity index (χ1) is 6.70. The first kappa shape index (κ1) is 10.6. The normalized spacial score (nSPS) is 20.8. The first-order valence-corrected chi connectivity index (χ1v) is 6.19. The SMILES string of the molecule is NCC(c1ccc(Br)s1)N1CC(O)C1. The predicted octanol–water partition coefficient (Wildman–Crippen LogP) is 1.19. The fourth-order valence-corrected chi connectivity index (χ4v) is 3.27. The van der Waals surface area contributed by atoms with Crippen molar-refractivity contribution >= 4 is 27.3 Å². The summed E-state index contributed by atoms with van der Waals surface area (Å²) < 4.78 is 1.13. The summed E-state index contributed by atoms with van der Waals surface area (Å²) in [5.74, 6) is 0. The minimum atomic E-state index is -0.160. The van der Waals surface area contributed by atoms with Crippen molar-refractivity contribution in [3.05, 3.63) is 20.8 Å². The summed E-state index contributed by atoms with van der Waals surface area (Å²) in [5, 5.41) is 9.23. The summed E-state index contributed by atoms with van der Waals surface area (Å²) in [6.45, 7) is 2.11. The molecule has 0 radical (unpaired) electrons. The van der Waals surface area contributed by atoms with E-state index in [1.165, 1.54) is 4.88 Å². The van der Waals surface area contributed by atoms with Gasteiger partial charge in [-0.15, -0.1) is 11.3 Å². The molecule has 1 unspecified atom stereocenters. The van der Waals surface area contributed by atoms with Crippen LogP contribution in [-0.4, -0.2) is 35.7 Å². The molecule has 0 saturated carbocycles. The monoisotopic (exact) mass is 276 g/mol. The van der Waals surface area contributed by atoms with E-state index in [2.05, 4.69) is 26.9 Å². The Morgan fingerprint density at radius 3 is 2.79 bits per heavy atom. The molecule has 2 rings (SSSR count). The molecule has 0 aromatic carbocycles. The lowest BCUT2D eigenvalue weighted by molar-refractivity contribution is -0.0225. The lowest BCUT2D eigenvalue weighted by Gasteiger charge is -2.41. The summed E-state index contributed by atoms with van der Waals surface area (Å²) >= 11 is 5.15. The van der Waals surface area contributed by atoms with E-state index in [0.29, 0.717) is 6.54 Å². The lowest BCUT2D eigenvalue weighted by Crippen LogP contribution is -2.53. The highest BCUT2D eigenvalue weighted by Crippen LogP contribution is 2.32. The summed E-state index contributed by atoms with van der Waals surface area (Å²) in [5.41, 5.74) is 5.74. The molecule has 2 heterocycles. The van der Waals surface area contributed by atoms with Gasteiger partial charge in [0.15, 0.2) is 0 Å². The fraction of sp³-hybridized carbons (Fsp3) is 0.556. The molecule has 0 amide bonds. The van der Waals surface area contributed by atoms with Gasteiger partial charge in [-0.05, 0) is 28.1 Å². The Balaban J connectivity index is 2.06. The van der Waals surface area contributed by atoms with Gasteiger partial charge in [-0.2, -0.15) is 0 Å². The number of rotatable bonds is 3. The van der Waals surface area contributed by atoms with E-state index < -0.39 is 0 Å². The number of hydrogen-bond acceptors (Lipinski definition) is 4. The quantitative estimate of drug-likeness (QED) is 0.872. The summed E-state index contributed by atoms with van der Waals surface area (Å²) in [7, 11) is 0. The van der Waals surface area contributed by atoms with Crippen molar-refractivity contribution < 1.29 is 5.11 Å². The van der Waals surface area contributed by atoms with E-state index in [9.17, 15) is 5.11 Å². The molecule has 1 aromatic rings. The Labute approximate surface area is 95.7 Å². The zero-order chi connectivity index (χ0) is 10.1. The average Bonchev–Trinajstić information content (AvgIpc) is 2.50. The highest BCUT2D eigenvalue weighted by Gasteiger charge is 2.31. The number of halogens is 1. The molecule has 1 aliphatic heterocycles. The van der Waals surface area contributed by atoms with Crippen LogP contribution in [-0.2, 0) is 0 Å². The maximum atomic E-state index is 9.23. The van der Waals surface area contributed by atoms with Crippen LogP contribution in [0.2, 0.25) is 0 Å². The third kappa shape index (κ3) is 2.01. The van der Waals surface area contributed by atoms with E-state index in [-0.39, 0.29) is 12.1 Å². The molecule has 5 heteroatoms. The van der Waals surface area contributed by atoms with E-state index in [0.717, 1.165) is 16.9 Å². The topological polar surface area (TPSA) is 49.5 Å². The fourth-order valence-electron chi connectivity index (χ4n) is 1.69. The Bertz CT molecular complexity index is 312.